The maximum absolute atomic E-state index is 11.9. The van der Waals surface area contributed by atoms with E-state index in [1.807, 2.05) is 6.92 Å². The topological polar surface area (TPSA) is 78.4 Å². The monoisotopic (exact) mass is 214 g/mol. The SMILES string of the molecule is CCC1(C(=O)NCC(=O)O)CCNCC1. The molecular formula is C10H18N2O3. The minimum atomic E-state index is -0.997. The molecule has 0 saturated carbocycles. The van der Waals surface area contributed by atoms with E-state index in [1.54, 1.807) is 0 Å². The molecule has 0 aromatic rings. The third-order valence-electron chi connectivity index (χ3n) is 3.12. The van der Waals surface area contributed by atoms with E-state index in [1.165, 1.54) is 0 Å². The van der Waals surface area contributed by atoms with Gasteiger partial charge >= 0.3 is 5.97 Å². The van der Waals surface area contributed by atoms with Crippen molar-refractivity contribution in [1.29, 1.82) is 0 Å². The van der Waals surface area contributed by atoms with Crippen molar-refractivity contribution >= 4 is 11.9 Å². The van der Waals surface area contributed by atoms with Gasteiger partial charge in [-0.15, -0.1) is 0 Å². The summed E-state index contributed by atoms with van der Waals surface area (Å²) in [6, 6.07) is 0. The molecule has 1 aliphatic rings. The fourth-order valence-electron chi connectivity index (χ4n) is 1.99. The second-order valence-electron chi connectivity index (χ2n) is 3.96. The fourth-order valence-corrected chi connectivity index (χ4v) is 1.99. The van der Waals surface area contributed by atoms with Crippen LogP contribution in [0.2, 0.25) is 0 Å². The van der Waals surface area contributed by atoms with E-state index in [0.29, 0.717) is 0 Å². The molecule has 5 heteroatoms. The molecular weight excluding hydrogens is 196 g/mol. The lowest BCUT2D eigenvalue weighted by Gasteiger charge is -2.35. The van der Waals surface area contributed by atoms with E-state index >= 15 is 0 Å². The van der Waals surface area contributed by atoms with Gasteiger partial charge in [0.2, 0.25) is 5.91 Å². The number of nitrogens with one attached hydrogen (secondary N) is 2. The summed E-state index contributed by atoms with van der Waals surface area (Å²) in [5, 5.41) is 14.2. The minimum Gasteiger partial charge on any atom is -0.480 e. The lowest BCUT2D eigenvalue weighted by Crippen LogP contribution is -2.48. The van der Waals surface area contributed by atoms with Gasteiger partial charge in [0.15, 0.2) is 0 Å². The van der Waals surface area contributed by atoms with Crippen molar-refractivity contribution < 1.29 is 14.7 Å². The van der Waals surface area contributed by atoms with Crippen molar-refractivity contribution in [3.8, 4) is 0 Å². The first-order valence-corrected chi connectivity index (χ1v) is 5.31. The zero-order chi connectivity index (χ0) is 11.3. The van der Waals surface area contributed by atoms with Crippen LogP contribution in [-0.4, -0.2) is 36.6 Å². The first-order chi connectivity index (χ1) is 7.10. The van der Waals surface area contributed by atoms with Crippen molar-refractivity contribution in [2.45, 2.75) is 26.2 Å². The zero-order valence-electron chi connectivity index (χ0n) is 9.01. The highest BCUT2D eigenvalue weighted by Crippen LogP contribution is 2.32. The number of carboxylic acids is 1. The second-order valence-corrected chi connectivity index (χ2v) is 3.96. The molecule has 3 N–H and O–H groups in total. The smallest absolute Gasteiger partial charge is 0.322 e. The molecule has 15 heavy (non-hydrogen) atoms. The van der Waals surface area contributed by atoms with E-state index < -0.39 is 5.97 Å². The summed E-state index contributed by atoms with van der Waals surface area (Å²) < 4.78 is 0. The summed E-state index contributed by atoms with van der Waals surface area (Å²) >= 11 is 0. The average Bonchev–Trinajstić information content (AvgIpc) is 2.26. The highest BCUT2D eigenvalue weighted by Gasteiger charge is 2.37. The van der Waals surface area contributed by atoms with Crippen LogP contribution in [0.15, 0.2) is 0 Å². The Kier molecular flexibility index (Phi) is 4.08. The maximum Gasteiger partial charge on any atom is 0.322 e. The highest BCUT2D eigenvalue weighted by atomic mass is 16.4. The van der Waals surface area contributed by atoms with E-state index in [9.17, 15) is 9.59 Å². The van der Waals surface area contributed by atoms with Crippen LogP contribution >= 0.6 is 0 Å². The van der Waals surface area contributed by atoms with Crippen LogP contribution in [0.3, 0.4) is 0 Å². The molecule has 0 bridgehead atoms. The van der Waals surface area contributed by atoms with Gasteiger partial charge in [-0.3, -0.25) is 9.59 Å². The zero-order valence-corrected chi connectivity index (χ0v) is 9.01. The molecule has 1 fully saturated rings. The van der Waals surface area contributed by atoms with Crippen molar-refractivity contribution in [1.82, 2.24) is 10.6 Å². The van der Waals surface area contributed by atoms with Crippen LogP contribution in [0, 0.1) is 5.41 Å². The van der Waals surface area contributed by atoms with Gasteiger partial charge in [0.1, 0.15) is 6.54 Å². The minimum absolute atomic E-state index is 0.117. The van der Waals surface area contributed by atoms with Crippen molar-refractivity contribution in [2.24, 2.45) is 5.41 Å². The number of piperidine rings is 1. The summed E-state index contributed by atoms with van der Waals surface area (Å²) in [5.41, 5.74) is -0.360. The molecule has 1 amide bonds. The van der Waals surface area contributed by atoms with Crippen LogP contribution in [0.25, 0.3) is 0 Å². The third-order valence-corrected chi connectivity index (χ3v) is 3.12. The van der Waals surface area contributed by atoms with Crippen LogP contribution in [0.5, 0.6) is 0 Å². The van der Waals surface area contributed by atoms with Gasteiger partial charge in [-0.2, -0.15) is 0 Å². The Morgan fingerprint density at radius 3 is 2.47 bits per heavy atom. The molecule has 0 atom stereocenters. The Morgan fingerprint density at radius 1 is 1.40 bits per heavy atom. The summed E-state index contributed by atoms with van der Waals surface area (Å²) in [5.74, 6) is -1.11. The number of amides is 1. The van der Waals surface area contributed by atoms with Crippen molar-refractivity contribution in [3.05, 3.63) is 0 Å². The number of hydrogen-bond donors (Lipinski definition) is 3. The molecule has 1 rings (SSSR count). The first-order valence-electron chi connectivity index (χ1n) is 5.31. The van der Waals surface area contributed by atoms with Crippen LogP contribution in [0.1, 0.15) is 26.2 Å². The third kappa shape index (κ3) is 2.92. The molecule has 86 valence electrons. The molecule has 0 aliphatic carbocycles. The average molecular weight is 214 g/mol. The van der Waals surface area contributed by atoms with Crippen LogP contribution in [0.4, 0.5) is 0 Å². The number of hydrogen-bond acceptors (Lipinski definition) is 3. The molecule has 0 radical (unpaired) electrons. The van der Waals surface area contributed by atoms with Crippen LogP contribution < -0.4 is 10.6 Å². The number of carbonyl (C=O) groups excluding carboxylic acids is 1. The van der Waals surface area contributed by atoms with E-state index in [4.69, 9.17) is 5.11 Å². The number of rotatable bonds is 4. The van der Waals surface area contributed by atoms with Gasteiger partial charge < -0.3 is 15.7 Å². The lowest BCUT2D eigenvalue weighted by molar-refractivity contribution is -0.140. The number of carboxylic acid groups (broad SMARTS) is 1. The van der Waals surface area contributed by atoms with Gasteiger partial charge in [0.05, 0.1) is 5.41 Å². The molecule has 0 aromatic carbocycles. The molecule has 0 spiro atoms. The lowest BCUT2D eigenvalue weighted by atomic mass is 9.76. The molecule has 5 nitrogen and oxygen atoms in total. The van der Waals surface area contributed by atoms with Crippen LogP contribution in [-0.2, 0) is 9.59 Å². The van der Waals surface area contributed by atoms with E-state index in [-0.39, 0.29) is 17.9 Å². The summed E-state index contributed by atoms with van der Waals surface area (Å²) in [7, 11) is 0. The normalized spacial score (nSPS) is 19.5. The van der Waals surface area contributed by atoms with E-state index in [0.717, 1.165) is 32.4 Å². The number of aliphatic carboxylic acids is 1. The summed E-state index contributed by atoms with van der Waals surface area (Å²) in [6.07, 6.45) is 2.34. The molecule has 1 heterocycles. The van der Waals surface area contributed by atoms with Crippen molar-refractivity contribution in [3.63, 3.8) is 0 Å². The van der Waals surface area contributed by atoms with Gasteiger partial charge in [0.25, 0.3) is 0 Å². The first kappa shape index (κ1) is 12.0. The summed E-state index contributed by atoms with van der Waals surface area (Å²) in [4.78, 5) is 22.2. The molecule has 1 saturated heterocycles. The molecule has 1 aliphatic heterocycles. The Balaban J connectivity index is 2.55. The maximum atomic E-state index is 11.9. The van der Waals surface area contributed by atoms with E-state index in [2.05, 4.69) is 10.6 Å². The van der Waals surface area contributed by atoms with Crippen molar-refractivity contribution in [2.75, 3.05) is 19.6 Å². The Bertz CT molecular complexity index is 247. The largest absolute Gasteiger partial charge is 0.480 e. The fraction of sp³-hybridized carbons (Fsp3) is 0.800. The molecule has 0 unspecified atom stereocenters. The Labute approximate surface area is 89.2 Å². The predicted molar refractivity (Wildman–Crippen MR) is 55.5 cm³/mol. The summed E-state index contributed by atoms with van der Waals surface area (Å²) in [6.45, 7) is 3.35. The number of carbonyl (C=O) groups is 2. The predicted octanol–water partition coefficient (Wildman–Crippen LogP) is -0.0330. The van der Waals surface area contributed by atoms with Gasteiger partial charge in [0, 0.05) is 0 Å². The van der Waals surface area contributed by atoms with Gasteiger partial charge in [-0.25, -0.2) is 0 Å². The second kappa shape index (κ2) is 5.11. The Hall–Kier alpha value is -1.10. The Morgan fingerprint density at radius 2 is 2.00 bits per heavy atom. The standard InChI is InChI=1S/C10H18N2O3/c1-2-10(3-5-11-6-4-10)9(15)12-7-8(13)14/h11H,2-7H2,1H3,(H,12,15)(H,13,14). The van der Waals surface area contributed by atoms with Gasteiger partial charge in [-0.1, -0.05) is 6.92 Å². The quantitative estimate of drug-likeness (QED) is 0.614. The highest BCUT2D eigenvalue weighted by molar-refractivity contribution is 5.85. The van der Waals surface area contributed by atoms with Gasteiger partial charge in [-0.05, 0) is 32.4 Å². The molecule has 0 aromatic heterocycles.